The Bertz CT molecular complexity index is 972. The van der Waals surface area contributed by atoms with Crippen LogP contribution in [0.25, 0.3) is 5.76 Å². The summed E-state index contributed by atoms with van der Waals surface area (Å²) in [6.45, 7) is 0.904. The van der Waals surface area contributed by atoms with Gasteiger partial charge in [0.2, 0.25) is 0 Å². The Kier molecular flexibility index (Phi) is 6.37. The van der Waals surface area contributed by atoms with Crippen LogP contribution < -0.4 is 9.47 Å². The van der Waals surface area contributed by atoms with Gasteiger partial charge < -0.3 is 24.4 Å². The van der Waals surface area contributed by atoms with Crippen LogP contribution in [0.15, 0.2) is 48.3 Å². The van der Waals surface area contributed by atoms with Crippen molar-refractivity contribution in [2.24, 2.45) is 0 Å². The van der Waals surface area contributed by atoms with Crippen molar-refractivity contribution in [1.82, 2.24) is 14.8 Å². The van der Waals surface area contributed by atoms with Crippen LogP contribution in [-0.2, 0) is 9.59 Å². The molecule has 2 heterocycles. The van der Waals surface area contributed by atoms with Crippen LogP contribution in [0.5, 0.6) is 11.5 Å². The molecule has 2 aromatic rings. The summed E-state index contributed by atoms with van der Waals surface area (Å²) >= 11 is 0. The minimum atomic E-state index is -0.731. The maximum Gasteiger partial charge on any atom is 0.295 e. The number of methoxy groups -OCH3 is 2. The summed E-state index contributed by atoms with van der Waals surface area (Å²) in [5, 5.41) is 11.1. The Morgan fingerprint density at radius 3 is 2.43 bits per heavy atom. The number of aliphatic hydroxyl groups is 1. The molecule has 0 unspecified atom stereocenters. The largest absolute Gasteiger partial charge is 0.507 e. The van der Waals surface area contributed by atoms with Crippen LogP contribution in [0, 0.1) is 0 Å². The zero-order valence-electron chi connectivity index (χ0n) is 17.5. The topological polar surface area (TPSA) is 92.2 Å². The summed E-state index contributed by atoms with van der Waals surface area (Å²) in [5.41, 5.74) is 1.02. The third kappa shape index (κ3) is 3.99. The van der Waals surface area contributed by atoms with Crippen LogP contribution in [0.1, 0.15) is 17.2 Å². The number of ether oxygens (including phenoxy) is 2. The zero-order chi connectivity index (χ0) is 21.8. The van der Waals surface area contributed by atoms with Crippen LogP contribution in [0.2, 0.25) is 0 Å². The standard InChI is InChI=1S/C22H25N3O5/c1-24(2)11-12-25-19(14-7-9-23-10-8-14)18(21(27)22(25)28)20(26)16-6-5-15(29-3)13-17(16)30-4/h5-10,13,19,26H,11-12H2,1-4H3/b20-18+/t19-/m1/s1. The summed E-state index contributed by atoms with van der Waals surface area (Å²) in [6.07, 6.45) is 3.19. The molecule has 158 valence electrons. The predicted molar refractivity (Wildman–Crippen MR) is 111 cm³/mol. The van der Waals surface area contributed by atoms with Gasteiger partial charge in [-0.1, -0.05) is 0 Å². The Hall–Kier alpha value is -3.39. The first-order valence-electron chi connectivity index (χ1n) is 9.44. The number of aliphatic hydroxyl groups excluding tert-OH is 1. The highest BCUT2D eigenvalue weighted by Crippen LogP contribution is 2.41. The van der Waals surface area contributed by atoms with Gasteiger partial charge in [-0.3, -0.25) is 14.6 Å². The lowest BCUT2D eigenvalue weighted by Crippen LogP contribution is -2.35. The highest BCUT2D eigenvalue weighted by Gasteiger charge is 2.46. The molecule has 1 amide bonds. The van der Waals surface area contributed by atoms with Crippen molar-refractivity contribution in [3.8, 4) is 11.5 Å². The SMILES string of the molecule is COc1ccc(/C(O)=C2\C(=O)C(=O)N(CCN(C)C)[C@@H]2c2ccncc2)c(OC)c1. The Morgan fingerprint density at radius 1 is 1.13 bits per heavy atom. The van der Waals surface area contributed by atoms with E-state index in [0.29, 0.717) is 35.7 Å². The minimum Gasteiger partial charge on any atom is -0.507 e. The van der Waals surface area contributed by atoms with Crippen LogP contribution in [0.4, 0.5) is 0 Å². The number of nitrogens with zero attached hydrogens (tertiary/aromatic N) is 3. The number of hydrogen-bond donors (Lipinski definition) is 1. The molecule has 0 radical (unpaired) electrons. The van der Waals surface area contributed by atoms with Gasteiger partial charge in [0.25, 0.3) is 11.7 Å². The van der Waals surface area contributed by atoms with Crippen molar-refractivity contribution in [3.05, 3.63) is 59.4 Å². The first-order valence-corrected chi connectivity index (χ1v) is 9.44. The van der Waals surface area contributed by atoms with Crippen molar-refractivity contribution in [2.75, 3.05) is 41.4 Å². The van der Waals surface area contributed by atoms with Gasteiger partial charge in [0.05, 0.1) is 31.4 Å². The number of carbonyl (C=O) groups is 2. The quantitative estimate of drug-likeness (QED) is 0.424. The van der Waals surface area contributed by atoms with Crippen molar-refractivity contribution in [3.63, 3.8) is 0 Å². The number of likely N-dealkylation sites (N-methyl/N-ethyl adjacent to an activating group) is 1. The Balaban J connectivity index is 2.17. The Labute approximate surface area is 175 Å². The third-order valence-corrected chi connectivity index (χ3v) is 5.01. The fraction of sp³-hybridized carbons (Fsp3) is 0.318. The van der Waals surface area contributed by atoms with E-state index < -0.39 is 17.7 Å². The second kappa shape index (κ2) is 8.96. The predicted octanol–water partition coefficient (Wildman–Crippen LogP) is 2.08. The number of amides is 1. The van der Waals surface area contributed by atoms with Crippen LogP contribution in [-0.4, -0.2) is 73.0 Å². The average Bonchev–Trinajstić information content (AvgIpc) is 3.02. The second-order valence-electron chi connectivity index (χ2n) is 7.14. The summed E-state index contributed by atoms with van der Waals surface area (Å²) in [4.78, 5) is 33.3. The first kappa shape index (κ1) is 21.3. The highest BCUT2D eigenvalue weighted by atomic mass is 16.5. The molecular formula is C22H25N3O5. The maximum atomic E-state index is 13.0. The number of aromatic nitrogens is 1. The van der Waals surface area contributed by atoms with E-state index in [4.69, 9.17) is 9.47 Å². The number of carbonyl (C=O) groups excluding carboxylic acids is 2. The molecular weight excluding hydrogens is 386 g/mol. The molecule has 1 aromatic heterocycles. The molecule has 0 spiro atoms. The van der Waals surface area contributed by atoms with E-state index in [1.807, 2.05) is 19.0 Å². The van der Waals surface area contributed by atoms with Gasteiger partial charge in [-0.05, 0) is 43.9 Å². The van der Waals surface area contributed by atoms with Gasteiger partial charge >= 0.3 is 0 Å². The van der Waals surface area contributed by atoms with E-state index in [1.54, 1.807) is 42.7 Å². The molecule has 0 bridgehead atoms. The lowest BCUT2D eigenvalue weighted by atomic mass is 9.95. The van der Waals surface area contributed by atoms with E-state index in [1.165, 1.54) is 19.1 Å². The molecule has 8 heteroatoms. The van der Waals surface area contributed by atoms with Crippen molar-refractivity contribution in [2.45, 2.75) is 6.04 Å². The van der Waals surface area contributed by atoms with E-state index in [2.05, 4.69) is 4.98 Å². The minimum absolute atomic E-state index is 0.0217. The molecule has 1 fully saturated rings. The van der Waals surface area contributed by atoms with Gasteiger partial charge in [-0.25, -0.2) is 0 Å². The van der Waals surface area contributed by atoms with Crippen LogP contribution >= 0.6 is 0 Å². The van der Waals surface area contributed by atoms with Gasteiger partial charge in [0, 0.05) is 31.5 Å². The summed E-state index contributed by atoms with van der Waals surface area (Å²) < 4.78 is 10.6. The van der Waals surface area contributed by atoms with E-state index in [9.17, 15) is 14.7 Å². The van der Waals surface area contributed by atoms with Gasteiger partial charge in [-0.2, -0.15) is 0 Å². The van der Waals surface area contributed by atoms with Gasteiger partial charge in [-0.15, -0.1) is 0 Å². The average molecular weight is 411 g/mol. The molecule has 1 saturated heterocycles. The van der Waals surface area contributed by atoms with Crippen molar-refractivity contribution in [1.29, 1.82) is 0 Å². The fourth-order valence-electron chi connectivity index (χ4n) is 3.45. The summed E-state index contributed by atoms with van der Waals surface area (Å²) in [6, 6.07) is 7.61. The number of Topliss-reactive ketones (excluding diaryl/α,β-unsaturated/α-hetero) is 1. The Morgan fingerprint density at radius 2 is 1.83 bits per heavy atom. The molecule has 0 saturated carbocycles. The van der Waals surface area contributed by atoms with Gasteiger partial charge in [0.1, 0.15) is 17.3 Å². The number of benzene rings is 1. The zero-order valence-corrected chi connectivity index (χ0v) is 17.5. The summed E-state index contributed by atoms with van der Waals surface area (Å²) in [7, 11) is 6.76. The molecule has 1 aromatic carbocycles. The van der Waals surface area contributed by atoms with E-state index in [0.717, 1.165) is 0 Å². The monoisotopic (exact) mass is 411 g/mol. The number of ketones is 1. The number of pyridine rings is 1. The number of hydrogen-bond acceptors (Lipinski definition) is 7. The lowest BCUT2D eigenvalue weighted by molar-refractivity contribution is -0.140. The third-order valence-electron chi connectivity index (χ3n) is 5.01. The van der Waals surface area contributed by atoms with E-state index in [-0.39, 0.29) is 11.3 Å². The fourth-order valence-corrected chi connectivity index (χ4v) is 3.45. The molecule has 30 heavy (non-hydrogen) atoms. The van der Waals surface area contributed by atoms with E-state index >= 15 is 0 Å². The molecule has 8 nitrogen and oxygen atoms in total. The molecule has 1 N–H and O–H groups in total. The highest BCUT2D eigenvalue weighted by molar-refractivity contribution is 6.46. The molecule has 0 aliphatic carbocycles. The summed E-state index contributed by atoms with van der Waals surface area (Å²) in [5.74, 6) is -0.791. The molecule has 3 rings (SSSR count). The maximum absolute atomic E-state index is 13.0. The lowest BCUT2D eigenvalue weighted by Gasteiger charge is -2.26. The first-order chi connectivity index (χ1) is 14.4. The molecule has 1 aliphatic rings. The van der Waals surface area contributed by atoms with Crippen molar-refractivity contribution < 1.29 is 24.2 Å². The number of rotatable bonds is 7. The molecule has 1 atom stereocenters. The van der Waals surface area contributed by atoms with Crippen LogP contribution in [0.3, 0.4) is 0 Å². The smallest absolute Gasteiger partial charge is 0.295 e. The molecule has 1 aliphatic heterocycles. The normalized spacial score (nSPS) is 18.2. The van der Waals surface area contributed by atoms with Gasteiger partial charge in [0.15, 0.2) is 0 Å². The van der Waals surface area contributed by atoms with Crippen molar-refractivity contribution >= 4 is 17.4 Å². The number of likely N-dealkylation sites (tertiary alicyclic amines) is 1. The second-order valence-corrected chi connectivity index (χ2v) is 7.14.